The Morgan fingerprint density at radius 1 is 1.27 bits per heavy atom. The number of likely N-dealkylation sites (N-methyl/N-ethyl adjacent to an activating group) is 1. The first-order valence-electron chi connectivity index (χ1n) is 6.56. The van der Waals surface area contributed by atoms with Crippen molar-refractivity contribution >= 4 is 11.4 Å². The van der Waals surface area contributed by atoms with Crippen molar-refractivity contribution in [2.24, 2.45) is 0 Å². The summed E-state index contributed by atoms with van der Waals surface area (Å²) in [5.74, 6) is -0.494. The largest absolute Gasteiger partial charge is 0.597 e. The van der Waals surface area contributed by atoms with Crippen LogP contribution < -0.4 is 0 Å². The third-order valence-electron chi connectivity index (χ3n) is 3.01. The summed E-state index contributed by atoms with van der Waals surface area (Å²) in [7, 11) is 1.55. The van der Waals surface area contributed by atoms with Gasteiger partial charge in [0.2, 0.25) is 0 Å². The van der Waals surface area contributed by atoms with Crippen molar-refractivity contribution in [2.75, 3.05) is 7.05 Å². The van der Waals surface area contributed by atoms with E-state index in [1.807, 2.05) is 0 Å². The first-order chi connectivity index (χ1) is 9.87. The minimum atomic E-state index is -4.57. The lowest BCUT2D eigenvalue weighted by Crippen LogP contribution is -2.42. The Hall–Kier alpha value is -1.18. The molecule has 1 unspecified atom stereocenters. The number of halogens is 3. The van der Waals surface area contributed by atoms with Crippen LogP contribution in [0, 0.1) is 0 Å². The van der Waals surface area contributed by atoms with Gasteiger partial charge < -0.3 is 9.66 Å². The molecule has 1 N–H and O–H groups in total. The molecule has 0 aliphatic rings. The molecule has 0 amide bonds. The van der Waals surface area contributed by atoms with Gasteiger partial charge in [-0.3, -0.25) is 0 Å². The molecule has 0 aromatic heterocycles. The zero-order chi connectivity index (χ0) is 17.3. The number of alkyl halides is 3. The highest BCUT2D eigenvalue weighted by atomic mass is 32.2. The molecule has 0 bridgehead atoms. The van der Waals surface area contributed by atoms with Crippen molar-refractivity contribution in [1.29, 1.82) is 0 Å². The topological polar surface area (TPSA) is 46.5 Å². The van der Waals surface area contributed by atoms with Gasteiger partial charge in [-0.2, -0.15) is 13.2 Å². The summed E-state index contributed by atoms with van der Waals surface area (Å²) in [5.41, 5.74) is -0.772. The first kappa shape index (κ1) is 18.9. The molecule has 0 fully saturated rings. The molecule has 0 saturated heterocycles. The fourth-order valence-electron chi connectivity index (χ4n) is 2.00. The molecule has 0 radical (unpaired) electrons. The predicted octanol–water partition coefficient (Wildman–Crippen LogP) is 4.03. The molecule has 0 aliphatic carbocycles. The molecule has 7 heteroatoms. The van der Waals surface area contributed by atoms with Gasteiger partial charge in [-0.15, -0.1) is 10.9 Å². The highest BCUT2D eigenvalue weighted by molar-refractivity contribution is 7.90. The lowest BCUT2D eigenvalue weighted by atomic mass is 10.0. The summed E-state index contributed by atoms with van der Waals surface area (Å²) in [4.78, 5) is 0. The molecule has 3 nitrogen and oxygen atoms in total. The molecule has 22 heavy (non-hydrogen) atoms. The standard InChI is InChI=1S/C15H20F3NO2S/c1-6-13(19(5)22(21)14(2,3)4)10-7-11(15(16,17)18)9-12(20)8-10/h6-9,13,20H,1H2,2-5H3/t13-,22?/m1/s1. The Labute approximate surface area is 131 Å². The predicted molar refractivity (Wildman–Crippen MR) is 81.7 cm³/mol. The van der Waals surface area contributed by atoms with Gasteiger partial charge >= 0.3 is 6.18 Å². The number of phenols is 1. The summed E-state index contributed by atoms with van der Waals surface area (Å²) >= 11 is -1.45. The lowest BCUT2D eigenvalue weighted by molar-refractivity contribution is -0.137. The highest BCUT2D eigenvalue weighted by Gasteiger charge is 2.36. The summed E-state index contributed by atoms with van der Waals surface area (Å²) in [6.45, 7) is 8.91. The molecule has 2 atom stereocenters. The van der Waals surface area contributed by atoms with Crippen LogP contribution in [-0.2, 0) is 17.5 Å². The van der Waals surface area contributed by atoms with Crippen molar-refractivity contribution in [3.63, 3.8) is 0 Å². The van der Waals surface area contributed by atoms with E-state index in [0.717, 1.165) is 6.07 Å². The molecule has 0 aliphatic heterocycles. The minimum absolute atomic E-state index is 0.183. The van der Waals surface area contributed by atoms with E-state index < -0.39 is 39.6 Å². The van der Waals surface area contributed by atoms with Gasteiger partial charge in [0.25, 0.3) is 0 Å². The van der Waals surface area contributed by atoms with Gasteiger partial charge in [0, 0.05) is 18.4 Å². The SMILES string of the molecule is C=C[C@H](c1cc(O)cc(C(F)(F)F)c1)N(C)[S+]([O-])C(C)(C)C. The van der Waals surface area contributed by atoms with Gasteiger partial charge in [-0.1, -0.05) is 6.08 Å². The van der Waals surface area contributed by atoms with E-state index in [-0.39, 0.29) is 5.56 Å². The van der Waals surface area contributed by atoms with E-state index >= 15 is 0 Å². The molecule has 1 aromatic carbocycles. The van der Waals surface area contributed by atoms with E-state index in [4.69, 9.17) is 0 Å². The van der Waals surface area contributed by atoms with E-state index in [1.54, 1.807) is 27.8 Å². The number of hydrogen-bond donors (Lipinski definition) is 1. The van der Waals surface area contributed by atoms with Crippen LogP contribution in [0.4, 0.5) is 13.2 Å². The highest BCUT2D eigenvalue weighted by Crippen LogP contribution is 2.36. The van der Waals surface area contributed by atoms with Crippen molar-refractivity contribution in [3.8, 4) is 5.75 Å². The first-order valence-corrected chi connectivity index (χ1v) is 7.67. The second-order valence-electron chi connectivity index (χ2n) is 5.90. The van der Waals surface area contributed by atoms with Gasteiger partial charge in [0.05, 0.1) is 11.6 Å². The van der Waals surface area contributed by atoms with Crippen molar-refractivity contribution in [2.45, 2.75) is 37.7 Å². The maximum Gasteiger partial charge on any atom is 0.416 e. The Morgan fingerprint density at radius 2 is 1.82 bits per heavy atom. The maximum absolute atomic E-state index is 12.9. The van der Waals surface area contributed by atoms with Crippen LogP contribution >= 0.6 is 0 Å². The molecule has 124 valence electrons. The Balaban J connectivity index is 3.26. The normalized spacial score (nSPS) is 15.7. The molecule has 0 spiro atoms. The van der Waals surface area contributed by atoms with Crippen LogP contribution in [0.1, 0.15) is 37.9 Å². The molecule has 0 saturated carbocycles. The van der Waals surface area contributed by atoms with Crippen molar-refractivity contribution in [1.82, 2.24) is 4.31 Å². The van der Waals surface area contributed by atoms with Gasteiger partial charge in [-0.25, -0.2) is 0 Å². The number of rotatable bonds is 4. The van der Waals surface area contributed by atoms with E-state index in [0.29, 0.717) is 6.07 Å². The number of aromatic hydroxyl groups is 1. The Morgan fingerprint density at radius 3 is 2.23 bits per heavy atom. The van der Waals surface area contributed by atoms with Crippen molar-refractivity contribution < 1.29 is 22.8 Å². The zero-order valence-corrected chi connectivity index (χ0v) is 13.8. The molecule has 1 aromatic rings. The van der Waals surface area contributed by atoms with Gasteiger partial charge in [-0.05, 0) is 44.5 Å². The smallest absolute Gasteiger partial charge is 0.416 e. The summed E-state index contributed by atoms with van der Waals surface area (Å²) in [5, 5.41) is 9.55. The van der Waals surface area contributed by atoms with E-state index in [2.05, 4.69) is 6.58 Å². The number of phenolic OH excluding ortho intramolecular Hbond substituents is 1. The zero-order valence-electron chi connectivity index (χ0n) is 12.9. The fraction of sp³-hybridized carbons (Fsp3) is 0.467. The number of hydrogen-bond acceptors (Lipinski definition) is 3. The average Bonchev–Trinajstić information content (AvgIpc) is 2.35. The average molecular weight is 335 g/mol. The van der Waals surface area contributed by atoms with E-state index in [9.17, 15) is 22.8 Å². The number of nitrogens with zero attached hydrogens (tertiary/aromatic N) is 1. The van der Waals surface area contributed by atoms with Crippen LogP contribution in [0.2, 0.25) is 0 Å². The third-order valence-corrected chi connectivity index (χ3v) is 4.81. The minimum Gasteiger partial charge on any atom is -0.597 e. The second kappa shape index (κ2) is 6.52. The van der Waals surface area contributed by atoms with Crippen LogP contribution in [0.3, 0.4) is 0 Å². The number of benzene rings is 1. The quantitative estimate of drug-likeness (QED) is 0.667. The fourth-order valence-corrected chi connectivity index (χ4v) is 3.28. The van der Waals surface area contributed by atoms with Gasteiger partial charge in [0.15, 0.2) is 0 Å². The second-order valence-corrected chi connectivity index (χ2v) is 8.20. The summed E-state index contributed by atoms with van der Waals surface area (Å²) < 4.78 is 51.8. The monoisotopic (exact) mass is 335 g/mol. The van der Waals surface area contributed by atoms with Crippen LogP contribution in [0.25, 0.3) is 0 Å². The Kier molecular flexibility index (Phi) is 5.59. The van der Waals surface area contributed by atoms with Crippen LogP contribution in [0.15, 0.2) is 30.9 Å². The van der Waals surface area contributed by atoms with E-state index in [1.165, 1.54) is 16.4 Å². The van der Waals surface area contributed by atoms with Crippen LogP contribution in [0.5, 0.6) is 5.75 Å². The van der Waals surface area contributed by atoms with Crippen molar-refractivity contribution in [3.05, 3.63) is 42.0 Å². The Bertz CT molecular complexity index is 541. The lowest BCUT2D eigenvalue weighted by Gasteiger charge is -2.34. The van der Waals surface area contributed by atoms with Crippen LogP contribution in [-0.4, -0.2) is 25.8 Å². The maximum atomic E-state index is 12.9. The molecular formula is C15H20F3NO2S. The molecule has 1 rings (SSSR count). The molecule has 0 heterocycles. The van der Waals surface area contributed by atoms with Gasteiger partial charge in [0.1, 0.15) is 10.5 Å². The summed E-state index contributed by atoms with van der Waals surface area (Å²) in [6.07, 6.45) is -3.17. The summed E-state index contributed by atoms with van der Waals surface area (Å²) in [6, 6.07) is 2.10. The third kappa shape index (κ3) is 4.41. The molecular weight excluding hydrogens is 315 g/mol.